The van der Waals surface area contributed by atoms with E-state index in [9.17, 15) is 13.2 Å². The minimum Gasteiger partial charge on any atom is -0.349 e. The molecule has 1 aliphatic rings. The highest BCUT2D eigenvalue weighted by molar-refractivity contribution is 7.91. The van der Waals surface area contributed by atoms with Crippen LogP contribution in [0.4, 0.5) is 0 Å². The molecule has 1 aromatic carbocycles. The van der Waals surface area contributed by atoms with Crippen LogP contribution in [0.3, 0.4) is 0 Å². The lowest BCUT2D eigenvalue weighted by atomic mass is 9.97. The van der Waals surface area contributed by atoms with Gasteiger partial charge in [-0.05, 0) is 61.7 Å². The van der Waals surface area contributed by atoms with Crippen molar-refractivity contribution in [3.8, 4) is 0 Å². The first-order chi connectivity index (χ1) is 12.8. The number of carbonyl (C=O) groups is 1. The summed E-state index contributed by atoms with van der Waals surface area (Å²) in [5.74, 6) is -0.394. The third-order valence-electron chi connectivity index (χ3n) is 5.23. The van der Waals surface area contributed by atoms with Crippen molar-refractivity contribution in [2.75, 3.05) is 13.1 Å². The van der Waals surface area contributed by atoms with Gasteiger partial charge in [-0.25, -0.2) is 8.42 Å². The molecule has 1 amide bonds. The Morgan fingerprint density at radius 3 is 2.70 bits per heavy atom. The summed E-state index contributed by atoms with van der Waals surface area (Å²) in [5, 5.41) is 4.82. The number of amides is 1. The lowest BCUT2D eigenvalue weighted by Gasteiger charge is -2.31. The molecule has 1 fully saturated rings. The lowest BCUT2D eigenvalue weighted by molar-refractivity contribution is -0.126. The first-order valence-corrected chi connectivity index (χ1v) is 11.5. The van der Waals surface area contributed by atoms with Crippen molar-refractivity contribution < 1.29 is 13.2 Å². The number of benzene rings is 1. The van der Waals surface area contributed by atoms with Crippen molar-refractivity contribution >= 4 is 27.3 Å². The topological polar surface area (TPSA) is 66.5 Å². The maximum absolute atomic E-state index is 12.8. The molecular formula is C20H26N2O3S2. The van der Waals surface area contributed by atoms with Crippen LogP contribution in [0.1, 0.15) is 42.5 Å². The Labute approximate surface area is 165 Å². The molecule has 2 aromatic rings. The van der Waals surface area contributed by atoms with Gasteiger partial charge in [0.25, 0.3) is 10.0 Å². The van der Waals surface area contributed by atoms with Crippen LogP contribution in [0.2, 0.25) is 0 Å². The number of hydrogen-bond donors (Lipinski definition) is 1. The molecule has 3 rings (SSSR count). The van der Waals surface area contributed by atoms with Crippen molar-refractivity contribution in [1.82, 2.24) is 9.62 Å². The number of sulfonamides is 1. The van der Waals surface area contributed by atoms with Crippen LogP contribution in [0.25, 0.3) is 0 Å². The summed E-state index contributed by atoms with van der Waals surface area (Å²) in [5.41, 5.74) is 3.48. The van der Waals surface area contributed by atoms with Crippen molar-refractivity contribution in [3.63, 3.8) is 0 Å². The fourth-order valence-electron chi connectivity index (χ4n) is 3.36. The zero-order valence-corrected chi connectivity index (χ0v) is 17.6. The number of piperidine rings is 1. The SMILES string of the molecule is Cc1ccc([C@H](C)NC(=O)[C@H]2CCCN(S(=O)(=O)c3cccs3)C2)cc1C. The predicted octanol–water partition coefficient (Wildman–Crippen LogP) is 3.64. The number of thiophene rings is 1. The Hall–Kier alpha value is -1.70. The van der Waals surface area contributed by atoms with Gasteiger partial charge in [-0.3, -0.25) is 4.79 Å². The van der Waals surface area contributed by atoms with Crippen LogP contribution < -0.4 is 5.32 Å². The quantitative estimate of drug-likeness (QED) is 0.824. The Morgan fingerprint density at radius 2 is 2.04 bits per heavy atom. The van der Waals surface area contributed by atoms with Crippen LogP contribution in [-0.2, 0) is 14.8 Å². The largest absolute Gasteiger partial charge is 0.349 e. The van der Waals surface area contributed by atoms with E-state index in [1.165, 1.54) is 26.8 Å². The average molecular weight is 407 g/mol. The molecule has 2 atom stereocenters. The van der Waals surface area contributed by atoms with Crippen LogP contribution in [0, 0.1) is 19.8 Å². The number of hydrogen-bond acceptors (Lipinski definition) is 4. The van der Waals surface area contributed by atoms with E-state index in [0.29, 0.717) is 23.6 Å². The van der Waals surface area contributed by atoms with E-state index in [0.717, 1.165) is 5.56 Å². The highest BCUT2D eigenvalue weighted by atomic mass is 32.2. The Bertz CT molecular complexity index is 907. The van der Waals surface area contributed by atoms with Gasteiger partial charge in [-0.1, -0.05) is 24.3 Å². The number of rotatable bonds is 5. The molecule has 0 aliphatic carbocycles. The van der Waals surface area contributed by atoms with Crippen molar-refractivity contribution in [1.29, 1.82) is 0 Å². The van der Waals surface area contributed by atoms with Gasteiger partial charge >= 0.3 is 0 Å². The van der Waals surface area contributed by atoms with Gasteiger partial charge in [0, 0.05) is 13.1 Å². The Morgan fingerprint density at radius 1 is 1.26 bits per heavy atom. The summed E-state index contributed by atoms with van der Waals surface area (Å²) in [6.07, 6.45) is 1.41. The van der Waals surface area contributed by atoms with Crippen LogP contribution in [-0.4, -0.2) is 31.7 Å². The van der Waals surface area contributed by atoms with Crippen molar-refractivity contribution in [3.05, 3.63) is 52.4 Å². The molecule has 5 nitrogen and oxygen atoms in total. The van der Waals surface area contributed by atoms with E-state index in [-0.39, 0.29) is 24.4 Å². The molecule has 1 aromatic heterocycles. The first kappa shape index (κ1) is 20.0. The second-order valence-corrected chi connectivity index (χ2v) is 10.3. The highest BCUT2D eigenvalue weighted by Crippen LogP contribution is 2.27. The van der Waals surface area contributed by atoms with Gasteiger partial charge < -0.3 is 5.32 Å². The number of nitrogens with one attached hydrogen (secondary N) is 1. The minimum absolute atomic E-state index is 0.0770. The fourth-order valence-corrected chi connectivity index (χ4v) is 6.03. The van der Waals surface area contributed by atoms with Crippen LogP contribution >= 0.6 is 11.3 Å². The first-order valence-electron chi connectivity index (χ1n) is 9.20. The van der Waals surface area contributed by atoms with Crippen molar-refractivity contribution in [2.45, 2.75) is 43.9 Å². The van der Waals surface area contributed by atoms with E-state index in [4.69, 9.17) is 0 Å². The molecule has 1 saturated heterocycles. The summed E-state index contributed by atoms with van der Waals surface area (Å²) in [4.78, 5) is 12.8. The van der Waals surface area contributed by atoms with E-state index in [1.54, 1.807) is 17.5 Å². The molecule has 0 spiro atoms. The summed E-state index contributed by atoms with van der Waals surface area (Å²) in [6, 6.07) is 9.42. The molecule has 146 valence electrons. The number of nitrogens with zero attached hydrogens (tertiary/aromatic N) is 1. The van der Waals surface area contributed by atoms with Gasteiger partial charge in [-0.15, -0.1) is 11.3 Å². The summed E-state index contributed by atoms with van der Waals surface area (Å²) in [6.45, 7) is 6.79. The van der Waals surface area contributed by atoms with E-state index in [1.807, 2.05) is 13.0 Å². The van der Waals surface area contributed by atoms with E-state index >= 15 is 0 Å². The number of carbonyl (C=O) groups excluding carboxylic acids is 1. The zero-order valence-electron chi connectivity index (χ0n) is 15.9. The Kier molecular flexibility index (Phi) is 6.03. The standard InChI is InChI=1S/C20H26N2O3S2/c1-14-8-9-17(12-15(14)2)16(3)21-20(23)18-6-4-10-22(13-18)27(24,25)19-7-5-11-26-19/h5,7-9,11-12,16,18H,4,6,10,13H2,1-3H3,(H,21,23)/t16-,18-/m0/s1. The molecule has 0 radical (unpaired) electrons. The minimum atomic E-state index is -3.50. The molecule has 2 heterocycles. The van der Waals surface area contributed by atoms with E-state index in [2.05, 4.69) is 31.3 Å². The molecule has 7 heteroatoms. The van der Waals surface area contributed by atoms with Crippen LogP contribution in [0.5, 0.6) is 0 Å². The molecule has 0 bridgehead atoms. The van der Waals surface area contributed by atoms with Gasteiger partial charge in [0.05, 0.1) is 12.0 Å². The molecular weight excluding hydrogens is 380 g/mol. The molecule has 0 saturated carbocycles. The third kappa shape index (κ3) is 4.42. The van der Waals surface area contributed by atoms with Gasteiger partial charge in [0.2, 0.25) is 5.91 Å². The van der Waals surface area contributed by atoms with Gasteiger partial charge in [0.1, 0.15) is 4.21 Å². The van der Waals surface area contributed by atoms with Crippen LogP contribution in [0.15, 0.2) is 39.9 Å². The lowest BCUT2D eigenvalue weighted by Crippen LogP contribution is -2.45. The predicted molar refractivity (Wildman–Crippen MR) is 108 cm³/mol. The second-order valence-electron chi connectivity index (χ2n) is 7.21. The fraction of sp³-hybridized carbons (Fsp3) is 0.450. The third-order valence-corrected chi connectivity index (χ3v) is 8.47. The second kappa shape index (κ2) is 8.12. The Balaban J connectivity index is 1.67. The number of aryl methyl sites for hydroxylation is 2. The smallest absolute Gasteiger partial charge is 0.252 e. The van der Waals surface area contributed by atoms with E-state index < -0.39 is 10.0 Å². The highest BCUT2D eigenvalue weighted by Gasteiger charge is 2.34. The molecule has 0 unspecified atom stereocenters. The summed E-state index contributed by atoms with van der Waals surface area (Å²) < 4.78 is 27.3. The monoisotopic (exact) mass is 406 g/mol. The zero-order chi connectivity index (χ0) is 19.6. The summed E-state index contributed by atoms with van der Waals surface area (Å²) in [7, 11) is -3.50. The molecule has 1 aliphatic heterocycles. The molecule has 27 heavy (non-hydrogen) atoms. The summed E-state index contributed by atoms with van der Waals surface area (Å²) >= 11 is 1.21. The van der Waals surface area contributed by atoms with Gasteiger partial charge in [0.15, 0.2) is 0 Å². The molecule has 1 N–H and O–H groups in total. The van der Waals surface area contributed by atoms with Gasteiger partial charge in [-0.2, -0.15) is 4.31 Å². The normalized spacial score (nSPS) is 19.6. The van der Waals surface area contributed by atoms with Crippen molar-refractivity contribution in [2.24, 2.45) is 5.92 Å². The average Bonchev–Trinajstić information content (AvgIpc) is 3.19. The maximum Gasteiger partial charge on any atom is 0.252 e. The maximum atomic E-state index is 12.8.